The van der Waals surface area contributed by atoms with Crippen molar-refractivity contribution >= 4 is 34.4 Å². The molecule has 3 aromatic carbocycles. The first-order chi connectivity index (χ1) is 16.0. The number of aromatic nitrogens is 1. The van der Waals surface area contributed by atoms with Crippen molar-refractivity contribution in [1.82, 2.24) is 9.99 Å². The molecule has 1 aromatic heterocycles. The Balaban J connectivity index is 1.66. The Morgan fingerprint density at radius 2 is 1.82 bits per heavy atom. The molecule has 1 heterocycles. The number of nitro benzene ring substituents is 1. The van der Waals surface area contributed by atoms with Crippen LogP contribution in [0.15, 0.2) is 77.9 Å². The van der Waals surface area contributed by atoms with Crippen LogP contribution in [0, 0.1) is 10.1 Å². The van der Waals surface area contributed by atoms with E-state index in [4.69, 9.17) is 0 Å². The summed E-state index contributed by atoms with van der Waals surface area (Å²) in [4.78, 5) is 23.5. The van der Waals surface area contributed by atoms with E-state index in [1.807, 2.05) is 68.6 Å². The highest BCUT2D eigenvalue weighted by molar-refractivity contribution is 6.07. The summed E-state index contributed by atoms with van der Waals surface area (Å²) in [5.74, 6) is -0.529. The van der Waals surface area contributed by atoms with Gasteiger partial charge in [0, 0.05) is 41.7 Å². The molecule has 2 N–H and O–H groups in total. The van der Waals surface area contributed by atoms with E-state index in [0.717, 1.165) is 27.7 Å². The molecule has 0 saturated carbocycles. The van der Waals surface area contributed by atoms with Gasteiger partial charge >= 0.3 is 0 Å². The van der Waals surface area contributed by atoms with Crippen molar-refractivity contribution in [2.24, 2.45) is 12.1 Å². The van der Waals surface area contributed by atoms with Gasteiger partial charge in [0.25, 0.3) is 11.6 Å². The van der Waals surface area contributed by atoms with Crippen LogP contribution in [0.5, 0.6) is 0 Å². The predicted molar refractivity (Wildman–Crippen MR) is 131 cm³/mol. The predicted octanol–water partition coefficient (Wildman–Crippen LogP) is 4.95. The van der Waals surface area contributed by atoms with Crippen molar-refractivity contribution in [3.05, 3.63) is 94.0 Å². The van der Waals surface area contributed by atoms with Gasteiger partial charge in [-0.15, -0.1) is 0 Å². The molecule has 1 amide bonds. The molecule has 0 aliphatic rings. The maximum absolute atomic E-state index is 12.6. The second-order valence-corrected chi connectivity index (χ2v) is 7.42. The number of nitrogens with one attached hydrogen (secondary N) is 2. The Bertz CT molecular complexity index is 1360. The zero-order valence-corrected chi connectivity index (χ0v) is 18.3. The second kappa shape index (κ2) is 9.35. The number of hydrogen-bond donors (Lipinski definition) is 2. The lowest BCUT2D eigenvalue weighted by Crippen LogP contribution is -2.18. The van der Waals surface area contributed by atoms with Gasteiger partial charge in [0.05, 0.1) is 16.8 Å². The quantitative estimate of drug-likeness (QED) is 0.241. The van der Waals surface area contributed by atoms with Crippen molar-refractivity contribution in [1.29, 1.82) is 0 Å². The molecule has 0 fully saturated rings. The average molecular weight is 441 g/mol. The van der Waals surface area contributed by atoms with Gasteiger partial charge in [0.2, 0.25) is 0 Å². The third kappa shape index (κ3) is 4.31. The summed E-state index contributed by atoms with van der Waals surface area (Å²) >= 11 is 0. The maximum Gasteiger partial charge on any atom is 0.293 e. The Kier molecular flexibility index (Phi) is 6.17. The highest BCUT2D eigenvalue weighted by atomic mass is 16.6. The maximum atomic E-state index is 12.6. The first-order valence-electron chi connectivity index (χ1n) is 10.5. The van der Waals surface area contributed by atoms with Crippen LogP contribution in [-0.2, 0) is 7.05 Å². The molecule has 8 nitrogen and oxygen atoms in total. The Morgan fingerprint density at radius 1 is 1.09 bits per heavy atom. The summed E-state index contributed by atoms with van der Waals surface area (Å²) in [6.45, 7) is 2.38. The van der Waals surface area contributed by atoms with Gasteiger partial charge in [0.1, 0.15) is 5.69 Å². The van der Waals surface area contributed by atoms with E-state index in [2.05, 4.69) is 20.4 Å². The summed E-state index contributed by atoms with van der Waals surface area (Å²) in [6, 6.07) is 22.2. The minimum absolute atomic E-state index is 0.154. The van der Waals surface area contributed by atoms with Crippen LogP contribution in [0.1, 0.15) is 22.8 Å². The van der Waals surface area contributed by atoms with Gasteiger partial charge in [-0.05, 0) is 30.7 Å². The summed E-state index contributed by atoms with van der Waals surface area (Å²) in [6.07, 6.45) is 1.62. The first-order valence-corrected chi connectivity index (χ1v) is 10.5. The summed E-state index contributed by atoms with van der Waals surface area (Å²) in [7, 11) is 1.99. The van der Waals surface area contributed by atoms with Gasteiger partial charge < -0.3 is 9.88 Å². The molecule has 0 radical (unpaired) electrons. The summed E-state index contributed by atoms with van der Waals surface area (Å²) in [5, 5.41) is 19.5. The molecule has 0 aliphatic carbocycles. The number of benzene rings is 3. The second-order valence-electron chi connectivity index (χ2n) is 7.42. The molecule has 0 saturated heterocycles. The van der Waals surface area contributed by atoms with Crippen LogP contribution in [0.3, 0.4) is 0 Å². The van der Waals surface area contributed by atoms with E-state index in [1.165, 1.54) is 18.2 Å². The minimum Gasteiger partial charge on any atom is -0.380 e. The molecule has 0 atom stereocenters. The number of rotatable bonds is 7. The highest BCUT2D eigenvalue weighted by Crippen LogP contribution is 2.31. The normalized spacial score (nSPS) is 11.1. The average Bonchev–Trinajstić information content (AvgIpc) is 3.11. The molecular weight excluding hydrogens is 418 g/mol. The van der Waals surface area contributed by atoms with Crippen LogP contribution in [0.4, 0.5) is 11.4 Å². The zero-order valence-electron chi connectivity index (χ0n) is 18.3. The SMILES string of the molecule is CCNc1ccc(C(=O)N/N=C/c2c(-c3ccccc3)n(C)c3ccccc23)cc1[N+](=O)[O-]. The molecule has 4 rings (SSSR count). The molecule has 0 aliphatic heterocycles. The van der Waals surface area contributed by atoms with E-state index in [-0.39, 0.29) is 11.3 Å². The lowest BCUT2D eigenvalue weighted by atomic mass is 10.1. The smallest absolute Gasteiger partial charge is 0.293 e. The molecule has 166 valence electrons. The number of hydrazone groups is 1. The monoisotopic (exact) mass is 441 g/mol. The lowest BCUT2D eigenvalue weighted by Gasteiger charge is -2.07. The van der Waals surface area contributed by atoms with Crippen molar-refractivity contribution in [3.8, 4) is 11.3 Å². The van der Waals surface area contributed by atoms with Gasteiger partial charge in [-0.3, -0.25) is 14.9 Å². The fourth-order valence-electron chi connectivity index (χ4n) is 3.88. The van der Waals surface area contributed by atoms with E-state index in [9.17, 15) is 14.9 Å². The third-order valence-electron chi connectivity index (χ3n) is 5.38. The standard InChI is InChI=1S/C25H23N5O3/c1-3-26-21-14-13-18(15-23(21)30(32)33)25(31)28-27-16-20-19-11-7-8-12-22(19)29(2)24(20)17-9-5-4-6-10-17/h4-16,26H,3H2,1-2H3,(H,28,31)/b27-16+. The molecule has 8 heteroatoms. The van der Waals surface area contributed by atoms with E-state index in [1.54, 1.807) is 6.21 Å². The molecular formula is C25H23N5O3. The highest BCUT2D eigenvalue weighted by Gasteiger charge is 2.18. The first kappa shape index (κ1) is 21.8. The largest absolute Gasteiger partial charge is 0.380 e. The number of para-hydroxylation sites is 1. The molecule has 0 unspecified atom stereocenters. The van der Waals surface area contributed by atoms with Crippen LogP contribution < -0.4 is 10.7 Å². The van der Waals surface area contributed by atoms with E-state index < -0.39 is 10.8 Å². The number of hydrogen-bond acceptors (Lipinski definition) is 5. The van der Waals surface area contributed by atoms with Gasteiger partial charge in [-0.1, -0.05) is 48.5 Å². The van der Waals surface area contributed by atoms with Crippen molar-refractivity contribution in [3.63, 3.8) is 0 Å². The molecule has 33 heavy (non-hydrogen) atoms. The van der Waals surface area contributed by atoms with Crippen molar-refractivity contribution in [2.75, 3.05) is 11.9 Å². The number of carbonyl (C=O) groups is 1. The van der Waals surface area contributed by atoms with Crippen molar-refractivity contribution < 1.29 is 9.72 Å². The van der Waals surface area contributed by atoms with Gasteiger partial charge in [0.15, 0.2) is 0 Å². The number of anilines is 1. The topological polar surface area (TPSA) is 102 Å². The van der Waals surface area contributed by atoms with E-state index >= 15 is 0 Å². The number of nitrogens with zero attached hydrogens (tertiary/aromatic N) is 3. The molecule has 0 spiro atoms. The summed E-state index contributed by atoms with van der Waals surface area (Å²) in [5.41, 5.74) is 6.77. The van der Waals surface area contributed by atoms with Crippen LogP contribution in [-0.4, -0.2) is 28.2 Å². The fraction of sp³-hybridized carbons (Fsp3) is 0.120. The number of aryl methyl sites for hydroxylation is 1. The number of carbonyl (C=O) groups excluding carboxylic acids is 1. The van der Waals surface area contributed by atoms with E-state index in [0.29, 0.717) is 12.2 Å². The third-order valence-corrected chi connectivity index (χ3v) is 5.38. The minimum atomic E-state index is -0.529. The van der Waals surface area contributed by atoms with Gasteiger partial charge in [-0.2, -0.15) is 5.10 Å². The van der Waals surface area contributed by atoms with Crippen LogP contribution >= 0.6 is 0 Å². The summed E-state index contributed by atoms with van der Waals surface area (Å²) < 4.78 is 2.09. The zero-order chi connectivity index (χ0) is 23.4. The fourth-order valence-corrected chi connectivity index (χ4v) is 3.88. The number of fused-ring (bicyclic) bond motifs is 1. The lowest BCUT2D eigenvalue weighted by molar-refractivity contribution is -0.384. The van der Waals surface area contributed by atoms with Crippen LogP contribution in [0.25, 0.3) is 22.2 Å². The Labute approximate surface area is 190 Å². The number of amides is 1. The number of nitro groups is 1. The Hall–Kier alpha value is -4.46. The van der Waals surface area contributed by atoms with Gasteiger partial charge in [-0.25, -0.2) is 5.43 Å². The molecule has 0 bridgehead atoms. The molecule has 4 aromatic rings. The van der Waals surface area contributed by atoms with Crippen LogP contribution in [0.2, 0.25) is 0 Å². The Morgan fingerprint density at radius 3 is 2.55 bits per heavy atom. The van der Waals surface area contributed by atoms with Crippen molar-refractivity contribution in [2.45, 2.75) is 6.92 Å².